The highest BCUT2D eigenvalue weighted by atomic mass is 32.2. The Hall–Kier alpha value is -2.07. The van der Waals surface area contributed by atoms with Crippen LogP contribution in [-0.2, 0) is 15.8 Å². The maximum atomic E-state index is 10.8. The molecule has 10 heteroatoms. The highest BCUT2D eigenvalue weighted by molar-refractivity contribution is 7.88. The van der Waals surface area contributed by atoms with Crippen LogP contribution in [0.15, 0.2) is 18.2 Å². The molecule has 0 saturated heterocycles. The Kier molecular flexibility index (Phi) is 3.39. The van der Waals surface area contributed by atoms with E-state index in [4.69, 9.17) is 5.14 Å². The van der Waals surface area contributed by atoms with E-state index in [1.807, 2.05) is 0 Å². The molecule has 0 spiro atoms. The van der Waals surface area contributed by atoms with E-state index < -0.39 is 37.0 Å². The maximum absolute atomic E-state index is 10.8. The van der Waals surface area contributed by atoms with Gasteiger partial charge >= 0.3 is 0 Å². The summed E-state index contributed by atoms with van der Waals surface area (Å²) >= 11 is 0. The first kappa shape index (κ1) is 13.0. The van der Waals surface area contributed by atoms with Crippen LogP contribution in [0.2, 0.25) is 0 Å². The Balaban J connectivity index is 3.32. The molecule has 2 N–H and O–H groups in total. The first-order valence-electron chi connectivity index (χ1n) is 4.13. The molecule has 0 bridgehead atoms. The van der Waals surface area contributed by atoms with Crippen LogP contribution in [0.25, 0.3) is 0 Å². The first-order chi connectivity index (χ1) is 7.70. The normalized spacial score (nSPS) is 11.1. The molecule has 0 saturated carbocycles. The van der Waals surface area contributed by atoms with E-state index in [1.165, 1.54) is 0 Å². The third-order valence-electron chi connectivity index (χ3n) is 1.83. The number of primary sulfonamides is 1. The highest BCUT2D eigenvalue weighted by Gasteiger charge is 2.21. The molecule has 1 rings (SSSR count). The smallest absolute Gasteiger partial charge is 0.258 e. The number of nitrogens with two attached hydrogens (primary N) is 1. The van der Waals surface area contributed by atoms with Crippen LogP contribution in [0.3, 0.4) is 0 Å². The van der Waals surface area contributed by atoms with Gasteiger partial charge in [-0.25, -0.2) is 13.6 Å². The van der Waals surface area contributed by atoms with Gasteiger partial charge in [0.1, 0.15) is 0 Å². The molecule has 0 aliphatic carbocycles. The third kappa shape index (κ3) is 3.46. The fourth-order valence-corrected chi connectivity index (χ4v) is 1.85. The molecule has 0 fully saturated rings. The van der Waals surface area contributed by atoms with Gasteiger partial charge in [0.25, 0.3) is 11.4 Å². The van der Waals surface area contributed by atoms with Crippen molar-refractivity contribution >= 4 is 21.4 Å². The first-order valence-corrected chi connectivity index (χ1v) is 5.84. The Morgan fingerprint density at radius 2 is 1.76 bits per heavy atom. The van der Waals surface area contributed by atoms with E-state index in [0.29, 0.717) is 6.07 Å². The summed E-state index contributed by atoms with van der Waals surface area (Å²) in [7, 11) is -3.94. The molecule has 0 radical (unpaired) electrons. The Morgan fingerprint density at radius 1 is 1.18 bits per heavy atom. The minimum absolute atomic E-state index is 0.192. The Labute approximate surface area is 95.2 Å². The molecule has 1 aromatic carbocycles. The summed E-state index contributed by atoms with van der Waals surface area (Å²) in [5.74, 6) is -0.749. The maximum Gasteiger partial charge on any atom is 0.280 e. The Morgan fingerprint density at radius 3 is 2.18 bits per heavy atom. The number of hydrogen-bond donors (Lipinski definition) is 1. The van der Waals surface area contributed by atoms with Crippen LogP contribution in [0.5, 0.6) is 0 Å². The number of nitro groups is 2. The quantitative estimate of drug-likeness (QED) is 0.608. The monoisotopic (exact) mass is 261 g/mol. The van der Waals surface area contributed by atoms with Crippen molar-refractivity contribution in [1.82, 2.24) is 0 Å². The largest absolute Gasteiger partial charge is 0.280 e. The van der Waals surface area contributed by atoms with Crippen molar-refractivity contribution in [2.75, 3.05) is 0 Å². The van der Waals surface area contributed by atoms with Gasteiger partial charge in [-0.05, 0) is 6.07 Å². The lowest BCUT2D eigenvalue weighted by Crippen LogP contribution is -2.15. The lowest BCUT2D eigenvalue weighted by atomic mass is 10.2. The van der Waals surface area contributed by atoms with E-state index >= 15 is 0 Å². The van der Waals surface area contributed by atoms with Gasteiger partial charge in [0.15, 0.2) is 0 Å². The molecule has 0 aliphatic rings. The van der Waals surface area contributed by atoms with Crippen LogP contribution < -0.4 is 5.14 Å². The third-order valence-corrected chi connectivity index (χ3v) is 2.55. The molecule has 0 atom stereocenters. The summed E-state index contributed by atoms with van der Waals surface area (Å²) in [4.78, 5) is 19.3. The number of non-ortho nitro benzene ring substituents is 1. The topological polar surface area (TPSA) is 146 Å². The minimum atomic E-state index is -3.94. The summed E-state index contributed by atoms with van der Waals surface area (Å²) in [6.07, 6.45) is 0. The molecule has 9 nitrogen and oxygen atoms in total. The number of sulfonamides is 1. The predicted octanol–water partition coefficient (Wildman–Crippen LogP) is 0.292. The van der Waals surface area contributed by atoms with E-state index in [1.54, 1.807) is 0 Å². The summed E-state index contributed by atoms with van der Waals surface area (Å²) in [6, 6.07) is 2.68. The van der Waals surface area contributed by atoms with Gasteiger partial charge in [0.2, 0.25) is 10.0 Å². The molecule has 1 aromatic rings. The zero-order valence-corrected chi connectivity index (χ0v) is 9.09. The van der Waals surface area contributed by atoms with E-state index in [2.05, 4.69) is 0 Å². The summed E-state index contributed by atoms with van der Waals surface area (Å²) in [6.45, 7) is 0. The summed E-state index contributed by atoms with van der Waals surface area (Å²) in [5.41, 5.74) is -1.33. The molecular formula is C7H7N3O6S. The van der Waals surface area contributed by atoms with Crippen molar-refractivity contribution in [2.45, 2.75) is 5.75 Å². The van der Waals surface area contributed by atoms with Crippen molar-refractivity contribution in [1.29, 1.82) is 0 Å². The molecule has 17 heavy (non-hydrogen) atoms. The molecular weight excluding hydrogens is 254 g/mol. The molecule has 0 aromatic heterocycles. The van der Waals surface area contributed by atoms with Crippen molar-refractivity contribution in [3.63, 3.8) is 0 Å². The minimum Gasteiger partial charge on any atom is -0.258 e. The van der Waals surface area contributed by atoms with E-state index in [0.717, 1.165) is 12.1 Å². The van der Waals surface area contributed by atoms with Gasteiger partial charge in [-0.3, -0.25) is 20.2 Å². The molecule has 0 unspecified atom stereocenters. The zero-order valence-electron chi connectivity index (χ0n) is 8.27. The van der Waals surface area contributed by atoms with Crippen LogP contribution in [0.1, 0.15) is 5.56 Å². The van der Waals surface area contributed by atoms with Crippen LogP contribution in [0.4, 0.5) is 11.4 Å². The zero-order chi connectivity index (χ0) is 13.2. The van der Waals surface area contributed by atoms with Gasteiger partial charge in [-0.1, -0.05) is 0 Å². The number of benzene rings is 1. The second kappa shape index (κ2) is 4.43. The SMILES string of the molecule is NS(=O)(=O)Cc1ccc([N+](=O)[O-])cc1[N+](=O)[O-]. The fourth-order valence-electron chi connectivity index (χ4n) is 1.17. The average Bonchev–Trinajstić information content (AvgIpc) is 2.14. The predicted molar refractivity (Wildman–Crippen MR) is 56.6 cm³/mol. The molecule has 92 valence electrons. The number of nitro benzene ring substituents is 2. The lowest BCUT2D eigenvalue weighted by Gasteiger charge is -2.01. The number of hydrogen-bond acceptors (Lipinski definition) is 6. The van der Waals surface area contributed by atoms with E-state index in [-0.39, 0.29) is 5.56 Å². The lowest BCUT2D eigenvalue weighted by molar-refractivity contribution is -0.394. The van der Waals surface area contributed by atoms with Crippen molar-refractivity contribution in [2.24, 2.45) is 5.14 Å². The average molecular weight is 261 g/mol. The van der Waals surface area contributed by atoms with Gasteiger partial charge in [0, 0.05) is 11.6 Å². The number of rotatable bonds is 4. The van der Waals surface area contributed by atoms with Gasteiger partial charge < -0.3 is 0 Å². The second-order valence-corrected chi connectivity index (χ2v) is 4.75. The van der Waals surface area contributed by atoms with E-state index in [9.17, 15) is 28.6 Å². The second-order valence-electron chi connectivity index (χ2n) is 3.13. The Bertz CT molecular complexity index is 581. The molecule has 0 amide bonds. The van der Waals surface area contributed by atoms with Gasteiger partial charge in [0.05, 0.1) is 21.7 Å². The standard InChI is InChI=1S/C7H7N3O6S/c8-17(15,16)4-5-1-2-6(9(11)12)3-7(5)10(13)14/h1-3H,4H2,(H2,8,15,16). The fraction of sp³-hybridized carbons (Fsp3) is 0.143. The van der Waals surface area contributed by atoms with Gasteiger partial charge in [-0.2, -0.15) is 0 Å². The van der Waals surface area contributed by atoms with Crippen molar-refractivity contribution in [3.8, 4) is 0 Å². The van der Waals surface area contributed by atoms with Crippen LogP contribution in [0, 0.1) is 20.2 Å². The van der Waals surface area contributed by atoms with Crippen LogP contribution >= 0.6 is 0 Å². The highest BCUT2D eigenvalue weighted by Crippen LogP contribution is 2.25. The molecule has 0 heterocycles. The van der Waals surface area contributed by atoms with Crippen molar-refractivity contribution in [3.05, 3.63) is 44.0 Å². The summed E-state index contributed by atoms with van der Waals surface area (Å²) in [5, 5.41) is 25.8. The molecule has 0 aliphatic heterocycles. The summed E-state index contributed by atoms with van der Waals surface area (Å²) < 4.78 is 21.6. The van der Waals surface area contributed by atoms with Crippen LogP contribution in [-0.4, -0.2) is 18.3 Å². The van der Waals surface area contributed by atoms with Crippen molar-refractivity contribution < 1.29 is 18.3 Å². The van der Waals surface area contributed by atoms with Gasteiger partial charge in [-0.15, -0.1) is 0 Å². The number of nitrogens with zero attached hydrogens (tertiary/aromatic N) is 2.